The van der Waals surface area contributed by atoms with E-state index in [0.717, 1.165) is 11.3 Å². The SMILES string of the molecule is CN(C)C(=O)c1ccc2c(n1)CCC(C(O)CC(=O)O)C2. The summed E-state index contributed by atoms with van der Waals surface area (Å²) < 4.78 is 0. The molecule has 0 spiro atoms. The highest BCUT2D eigenvalue weighted by atomic mass is 16.4. The molecule has 1 amide bonds. The number of aryl methyl sites for hydroxylation is 1. The Morgan fingerprint density at radius 1 is 1.43 bits per heavy atom. The third-order valence-electron chi connectivity index (χ3n) is 3.86. The topological polar surface area (TPSA) is 90.7 Å². The van der Waals surface area contributed by atoms with Gasteiger partial charge in [0.2, 0.25) is 0 Å². The number of aromatic nitrogens is 1. The predicted molar refractivity (Wildman–Crippen MR) is 76.0 cm³/mol. The number of carboxylic acids is 1. The van der Waals surface area contributed by atoms with Crippen molar-refractivity contribution in [3.8, 4) is 0 Å². The van der Waals surface area contributed by atoms with Crippen molar-refractivity contribution < 1.29 is 19.8 Å². The molecule has 21 heavy (non-hydrogen) atoms. The van der Waals surface area contributed by atoms with E-state index in [0.29, 0.717) is 25.0 Å². The second-order valence-electron chi connectivity index (χ2n) is 5.67. The van der Waals surface area contributed by atoms with Crippen molar-refractivity contribution in [1.29, 1.82) is 0 Å². The van der Waals surface area contributed by atoms with Crippen molar-refractivity contribution in [1.82, 2.24) is 9.88 Å². The summed E-state index contributed by atoms with van der Waals surface area (Å²) in [4.78, 5) is 28.4. The molecule has 6 heteroatoms. The molecule has 0 fully saturated rings. The van der Waals surface area contributed by atoms with Crippen LogP contribution in [0.5, 0.6) is 0 Å². The van der Waals surface area contributed by atoms with Crippen LogP contribution in [0.4, 0.5) is 0 Å². The van der Waals surface area contributed by atoms with Gasteiger partial charge >= 0.3 is 5.97 Å². The number of carbonyl (C=O) groups is 2. The van der Waals surface area contributed by atoms with Crippen molar-refractivity contribution in [2.24, 2.45) is 5.92 Å². The normalized spacial score (nSPS) is 18.7. The molecule has 6 nitrogen and oxygen atoms in total. The molecule has 0 saturated carbocycles. The summed E-state index contributed by atoms with van der Waals surface area (Å²) in [6.07, 6.45) is 0.885. The molecule has 2 rings (SSSR count). The number of pyridine rings is 1. The highest BCUT2D eigenvalue weighted by Crippen LogP contribution is 2.28. The zero-order valence-electron chi connectivity index (χ0n) is 12.2. The van der Waals surface area contributed by atoms with E-state index in [1.165, 1.54) is 4.90 Å². The van der Waals surface area contributed by atoms with Crippen LogP contribution in [0, 0.1) is 5.92 Å². The maximum atomic E-state index is 11.9. The average Bonchev–Trinajstić information content (AvgIpc) is 2.44. The molecule has 2 unspecified atom stereocenters. The van der Waals surface area contributed by atoms with E-state index in [2.05, 4.69) is 4.98 Å². The van der Waals surface area contributed by atoms with Gasteiger partial charge in [-0.15, -0.1) is 0 Å². The molecule has 2 N–H and O–H groups in total. The number of aliphatic hydroxyl groups excluding tert-OH is 1. The van der Waals surface area contributed by atoms with E-state index in [-0.39, 0.29) is 18.2 Å². The van der Waals surface area contributed by atoms with Crippen LogP contribution in [0.1, 0.15) is 34.6 Å². The zero-order chi connectivity index (χ0) is 15.6. The molecule has 0 saturated heterocycles. The molecular weight excluding hydrogens is 272 g/mol. The number of hydrogen-bond acceptors (Lipinski definition) is 4. The maximum absolute atomic E-state index is 11.9. The molecular formula is C15H20N2O4. The lowest BCUT2D eigenvalue weighted by Crippen LogP contribution is -2.30. The fourth-order valence-corrected chi connectivity index (χ4v) is 2.66. The van der Waals surface area contributed by atoms with Crippen LogP contribution in [0.3, 0.4) is 0 Å². The van der Waals surface area contributed by atoms with Gasteiger partial charge in [0.25, 0.3) is 5.91 Å². The Balaban J connectivity index is 2.12. The number of carbonyl (C=O) groups excluding carboxylic acids is 1. The minimum absolute atomic E-state index is 0.0641. The molecule has 114 valence electrons. The molecule has 2 atom stereocenters. The Labute approximate surface area is 123 Å². The minimum Gasteiger partial charge on any atom is -0.481 e. The second-order valence-corrected chi connectivity index (χ2v) is 5.67. The van der Waals surface area contributed by atoms with Gasteiger partial charge in [-0.3, -0.25) is 9.59 Å². The number of amides is 1. The number of nitrogens with zero attached hydrogens (tertiary/aromatic N) is 2. The van der Waals surface area contributed by atoms with Gasteiger partial charge in [0, 0.05) is 19.8 Å². The summed E-state index contributed by atoms with van der Waals surface area (Å²) in [5, 5.41) is 18.7. The van der Waals surface area contributed by atoms with Crippen molar-refractivity contribution in [3.05, 3.63) is 29.1 Å². The first-order chi connectivity index (χ1) is 9.88. The van der Waals surface area contributed by atoms with Gasteiger partial charge in [-0.2, -0.15) is 0 Å². The van der Waals surface area contributed by atoms with Gasteiger partial charge in [-0.25, -0.2) is 4.98 Å². The summed E-state index contributed by atoms with van der Waals surface area (Å²) in [5.41, 5.74) is 2.29. The third-order valence-corrected chi connectivity index (χ3v) is 3.86. The first kappa shape index (κ1) is 15.4. The molecule has 1 aliphatic carbocycles. The van der Waals surface area contributed by atoms with E-state index in [1.807, 2.05) is 6.07 Å². The second kappa shape index (κ2) is 6.22. The molecule has 1 aliphatic rings. The first-order valence-corrected chi connectivity index (χ1v) is 6.98. The van der Waals surface area contributed by atoms with Crippen LogP contribution < -0.4 is 0 Å². The lowest BCUT2D eigenvalue weighted by molar-refractivity contribution is -0.140. The summed E-state index contributed by atoms with van der Waals surface area (Å²) in [6.45, 7) is 0. The fourth-order valence-electron chi connectivity index (χ4n) is 2.66. The molecule has 0 radical (unpaired) electrons. The van der Waals surface area contributed by atoms with Crippen LogP contribution >= 0.6 is 0 Å². The van der Waals surface area contributed by atoms with Crippen LogP contribution in [0.25, 0.3) is 0 Å². The van der Waals surface area contributed by atoms with Crippen molar-refractivity contribution in [3.63, 3.8) is 0 Å². The van der Waals surface area contributed by atoms with Gasteiger partial charge in [0.1, 0.15) is 5.69 Å². The molecule has 0 bridgehead atoms. The zero-order valence-corrected chi connectivity index (χ0v) is 12.2. The van der Waals surface area contributed by atoms with E-state index in [4.69, 9.17) is 5.11 Å². The van der Waals surface area contributed by atoms with Crippen LogP contribution in [-0.2, 0) is 17.6 Å². The van der Waals surface area contributed by atoms with E-state index in [1.54, 1.807) is 20.2 Å². The summed E-state index contributed by atoms with van der Waals surface area (Å²) in [5.74, 6) is -1.19. The quantitative estimate of drug-likeness (QED) is 0.853. The van der Waals surface area contributed by atoms with Crippen molar-refractivity contribution in [2.45, 2.75) is 31.8 Å². The molecule has 1 aromatic heterocycles. The Hall–Kier alpha value is -1.95. The third kappa shape index (κ3) is 3.58. The van der Waals surface area contributed by atoms with Gasteiger partial charge < -0.3 is 15.1 Å². The monoisotopic (exact) mass is 292 g/mol. The summed E-state index contributed by atoms with van der Waals surface area (Å²) in [6, 6.07) is 3.55. The fraction of sp³-hybridized carbons (Fsp3) is 0.533. The van der Waals surface area contributed by atoms with Crippen LogP contribution in [0.2, 0.25) is 0 Å². The Bertz CT molecular complexity index is 557. The maximum Gasteiger partial charge on any atom is 0.305 e. The minimum atomic E-state index is -0.988. The van der Waals surface area contributed by atoms with Gasteiger partial charge in [0.15, 0.2) is 0 Å². The number of aliphatic hydroxyl groups is 1. The Kier molecular flexibility index (Phi) is 4.57. The van der Waals surface area contributed by atoms with Crippen LogP contribution in [-0.4, -0.2) is 52.2 Å². The molecule has 1 heterocycles. The number of aliphatic carboxylic acids is 1. The predicted octanol–water partition coefficient (Wildman–Crippen LogP) is 0.724. The van der Waals surface area contributed by atoms with E-state index in [9.17, 15) is 14.7 Å². The average molecular weight is 292 g/mol. The van der Waals surface area contributed by atoms with Crippen LogP contribution in [0.15, 0.2) is 12.1 Å². The standard InChI is InChI=1S/C15H20N2O4/c1-17(2)15(21)12-6-3-9-7-10(4-5-11(9)16-12)13(18)8-14(19)20/h3,6,10,13,18H,4-5,7-8H2,1-2H3,(H,19,20). The number of rotatable bonds is 4. The largest absolute Gasteiger partial charge is 0.481 e. The molecule has 1 aromatic rings. The van der Waals surface area contributed by atoms with Crippen molar-refractivity contribution in [2.75, 3.05) is 14.1 Å². The lowest BCUT2D eigenvalue weighted by atomic mass is 9.82. The van der Waals surface area contributed by atoms with E-state index < -0.39 is 12.1 Å². The number of hydrogen-bond donors (Lipinski definition) is 2. The van der Waals surface area contributed by atoms with E-state index >= 15 is 0 Å². The Morgan fingerprint density at radius 2 is 2.14 bits per heavy atom. The van der Waals surface area contributed by atoms with Gasteiger partial charge in [-0.1, -0.05) is 6.07 Å². The Morgan fingerprint density at radius 3 is 2.76 bits per heavy atom. The number of fused-ring (bicyclic) bond motifs is 1. The van der Waals surface area contributed by atoms with Crippen molar-refractivity contribution >= 4 is 11.9 Å². The first-order valence-electron chi connectivity index (χ1n) is 6.98. The van der Waals surface area contributed by atoms with Gasteiger partial charge in [-0.05, 0) is 36.8 Å². The smallest absolute Gasteiger partial charge is 0.305 e. The lowest BCUT2D eigenvalue weighted by Gasteiger charge is -2.27. The molecule has 0 aliphatic heterocycles. The summed E-state index contributed by atoms with van der Waals surface area (Å²) in [7, 11) is 3.36. The van der Waals surface area contributed by atoms with Gasteiger partial charge in [0.05, 0.1) is 12.5 Å². The highest BCUT2D eigenvalue weighted by Gasteiger charge is 2.27. The number of carboxylic acid groups (broad SMARTS) is 1. The molecule has 0 aromatic carbocycles. The highest BCUT2D eigenvalue weighted by molar-refractivity contribution is 5.92. The summed E-state index contributed by atoms with van der Waals surface area (Å²) >= 11 is 0.